The Bertz CT molecular complexity index is 227. The van der Waals surface area contributed by atoms with E-state index >= 15 is 0 Å². The van der Waals surface area contributed by atoms with Crippen LogP contribution in [0.4, 0.5) is 0 Å². The number of aldehydes is 1. The van der Waals surface area contributed by atoms with Crippen LogP contribution >= 0.6 is 0 Å². The summed E-state index contributed by atoms with van der Waals surface area (Å²) in [5.74, 6) is 0.639. The van der Waals surface area contributed by atoms with Gasteiger partial charge in [0.15, 0.2) is 0 Å². The lowest BCUT2D eigenvalue weighted by Crippen LogP contribution is -2.40. The van der Waals surface area contributed by atoms with Crippen LogP contribution in [0.1, 0.15) is 6.92 Å². The summed E-state index contributed by atoms with van der Waals surface area (Å²) in [6.45, 7) is 2.70. The quantitative estimate of drug-likeness (QED) is 0.564. The summed E-state index contributed by atoms with van der Waals surface area (Å²) in [6, 6.07) is -0.233. The molecule has 1 aliphatic rings. The third-order valence-corrected chi connectivity index (χ3v) is 1.86. The van der Waals surface area contributed by atoms with Gasteiger partial charge in [-0.25, -0.2) is 0 Å². The van der Waals surface area contributed by atoms with Crippen molar-refractivity contribution in [3.8, 4) is 0 Å². The molecule has 0 radical (unpaired) electrons. The molecule has 1 heterocycles. The van der Waals surface area contributed by atoms with E-state index in [2.05, 4.69) is 5.32 Å². The van der Waals surface area contributed by atoms with Crippen LogP contribution in [0.3, 0.4) is 0 Å². The zero-order valence-corrected chi connectivity index (χ0v) is 7.91. The Labute approximate surface area is 77.5 Å². The SMILES string of the molecule is C[C@@H](C=O)NC1=C(N)N(C)COC1. The molecule has 0 unspecified atom stereocenters. The summed E-state index contributed by atoms with van der Waals surface area (Å²) in [4.78, 5) is 12.2. The van der Waals surface area contributed by atoms with Crippen LogP contribution in [0.5, 0.6) is 0 Å². The van der Waals surface area contributed by atoms with Gasteiger partial charge in [-0.2, -0.15) is 0 Å². The Balaban J connectivity index is 2.65. The van der Waals surface area contributed by atoms with E-state index < -0.39 is 0 Å². The molecule has 0 aromatic heterocycles. The molecule has 0 amide bonds. The Morgan fingerprint density at radius 2 is 2.46 bits per heavy atom. The van der Waals surface area contributed by atoms with Crippen molar-refractivity contribution in [1.82, 2.24) is 10.2 Å². The van der Waals surface area contributed by atoms with E-state index in [1.54, 1.807) is 11.8 Å². The number of ether oxygens (including phenoxy) is 1. The minimum atomic E-state index is -0.233. The summed E-state index contributed by atoms with van der Waals surface area (Å²) in [5.41, 5.74) is 6.54. The van der Waals surface area contributed by atoms with Crippen LogP contribution in [0.15, 0.2) is 11.5 Å². The molecule has 0 saturated heterocycles. The fourth-order valence-corrected chi connectivity index (χ4v) is 1.08. The molecular formula is C8H15N3O2. The van der Waals surface area contributed by atoms with Crippen LogP contribution < -0.4 is 11.1 Å². The highest BCUT2D eigenvalue weighted by Gasteiger charge is 2.15. The average molecular weight is 185 g/mol. The number of carbonyl (C=O) groups excluding carboxylic acids is 1. The Kier molecular flexibility index (Phi) is 3.13. The van der Waals surface area contributed by atoms with E-state index in [1.807, 2.05) is 7.05 Å². The second-order valence-corrected chi connectivity index (χ2v) is 3.11. The average Bonchev–Trinajstić information content (AvgIpc) is 2.13. The third-order valence-electron chi connectivity index (χ3n) is 1.86. The molecule has 0 spiro atoms. The van der Waals surface area contributed by atoms with Gasteiger partial charge in [0.1, 0.15) is 18.8 Å². The first-order valence-corrected chi connectivity index (χ1v) is 4.14. The maximum Gasteiger partial charge on any atom is 0.141 e. The van der Waals surface area contributed by atoms with Crippen LogP contribution in [0.25, 0.3) is 0 Å². The predicted molar refractivity (Wildman–Crippen MR) is 48.5 cm³/mol. The number of nitrogens with zero attached hydrogens (tertiary/aromatic N) is 1. The van der Waals surface area contributed by atoms with Gasteiger partial charge in [0.05, 0.1) is 18.3 Å². The molecule has 0 aliphatic carbocycles. The smallest absolute Gasteiger partial charge is 0.141 e. The number of carbonyl (C=O) groups is 1. The van der Waals surface area contributed by atoms with Gasteiger partial charge in [-0.15, -0.1) is 0 Å². The summed E-state index contributed by atoms with van der Waals surface area (Å²) < 4.78 is 5.22. The predicted octanol–water partition coefficient (Wildman–Crippen LogP) is -0.789. The topological polar surface area (TPSA) is 67.6 Å². The fourth-order valence-electron chi connectivity index (χ4n) is 1.08. The van der Waals surface area contributed by atoms with Crippen molar-refractivity contribution < 1.29 is 9.53 Å². The zero-order chi connectivity index (χ0) is 9.84. The second kappa shape index (κ2) is 4.13. The Morgan fingerprint density at radius 1 is 1.77 bits per heavy atom. The first-order valence-electron chi connectivity index (χ1n) is 4.14. The molecule has 13 heavy (non-hydrogen) atoms. The Morgan fingerprint density at radius 3 is 3.08 bits per heavy atom. The van der Waals surface area contributed by atoms with E-state index in [0.29, 0.717) is 19.2 Å². The molecule has 1 atom stereocenters. The zero-order valence-electron chi connectivity index (χ0n) is 7.91. The van der Waals surface area contributed by atoms with Crippen molar-refractivity contribution in [3.63, 3.8) is 0 Å². The standard InChI is InChI=1S/C8H15N3O2/c1-6(3-12)10-7-4-13-5-11(2)8(7)9/h3,6,10H,4-5,9H2,1-2H3/t6-/m0/s1. The first-order chi connectivity index (χ1) is 6.15. The molecule has 0 saturated carbocycles. The number of nitrogens with two attached hydrogens (primary N) is 1. The lowest BCUT2D eigenvalue weighted by Gasteiger charge is -2.28. The fraction of sp³-hybridized carbons (Fsp3) is 0.625. The van der Waals surface area contributed by atoms with Gasteiger partial charge in [-0.05, 0) is 6.92 Å². The number of hydrogen-bond donors (Lipinski definition) is 2. The summed E-state index contributed by atoms with van der Waals surface area (Å²) >= 11 is 0. The minimum absolute atomic E-state index is 0.233. The molecule has 3 N–H and O–H groups in total. The molecular weight excluding hydrogens is 170 g/mol. The van der Waals surface area contributed by atoms with E-state index in [1.165, 1.54) is 0 Å². The maximum atomic E-state index is 10.4. The lowest BCUT2D eigenvalue weighted by atomic mass is 10.3. The highest BCUT2D eigenvalue weighted by atomic mass is 16.5. The van der Waals surface area contributed by atoms with Gasteiger partial charge in [0.25, 0.3) is 0 Å². The van der Waals surface area contributed by atoms with Crippen molar-refractivity contribution in [2.75, 3.05) is 20.4 Å². The molecule has 5 nitrogen and oxygen atoms in total. The van der Waals surface area contributed by atoms with Crippen molar-refractivity contribution in [2.45, 2.75) is 13.0 Å². The molecule has 1 aliphatic heterocycles. The van der Waals surface area contributed by atoms with Crippen molar-refractivity contribution >= 4 is 6.29 Å². The Hall–Kier alpha value is -1.23. The third kappa shape index (κ3) is 2.35. The van der Waals surface area contributed by atoms with E-state index in [0.717, 1.165) is 12.0 Å². The number of rotatable bonds is 3. The van der Waals surface area contributed by atoms with Gasteiger partial charge in [-0.3, -0.25) is 0 Å². The highest BCUT2D eigenvalue weighted by Crippen LogP contribution is 2.07. The van der Waals surface area contributed by atoms with Crippen LogP contribution in [-0.4, -0.2) is 37.6 Å². The van der Waals surface area contributed by atoms with Crippen molar-refractivity contribution in [3.05, 3.63) is 11.5 Å². The van der Waals surface area contributed by atoms with Crippen molar-refractivity contribution in [1.29, 1.82) is 0 Å². The molecule has 0 bridgehead atoms. The second-order valence-electron chi connectivity index (χ2n) is 3.11. The summed E-state index contributed by atoms with van der Waals surface area (Å²) in [5, 5.41) is 2.97. The highest BCUT2D eigenvalue weighted by molar-refractivity contribution is 5.57. The van der Waals surface area contributed by atoms with Gasteiger partial charge < -0.3 is 25.5 Å². The summed E-state index contributed by atoms with van der Waals surface area (Å²) in [7, 11) is 1.84. The molecule has 0 aromatic rings. The van der Waals surface area contributed by atoms with E-state index in [9.17, 15) is 4.79 Å². The van der Waals surface area contributed by atoms with E-state index in [-0.39, 0.29) is 6.04 Å². The van der Waals surface area contributed by atoms with Gasteiger partial charge in [-0.1, -0.05) is 0 Å². The normalized spacial score (nSPS) is 20.0. The van der Waals surface area contributed by atoms with Crippen molar-refractivity contribution in [2.24, 2.45) is 5.73 Å². The van der Waals surface area contributed by atoms with Gasteiger partial charge in [0.2, 0.25) is 0 Å². The lowest BCUT2D eigenvalue weighted by molar-refractivity contribution is -0.109. The minimum Gasteiger partial charge on any atom is -0.384 e. The molecule has 5 heteroatoms. The number of hydrogen-bond acceptors (Lipinski definition) is 5. The molecule has 1 rings (SSSR count). The first kappa shape index (κ1) is 9.85. The van der Waals surface area contributed by atoms with E-state index in [4.69, 9.17) is 10.5 Å². The maximum absolute atomic E-state index is 10.4. The van der Waals surface area contributed by atoms with Gasteiger partial charge >= 0.3 is 0 Å². The van der Waals surface area contributed by atoms with Crippen LogP contribution in [0.2, 0.25) is 0 Å². The van der Waals surface area contributed by atoms with Gasteiger partial charge in [0, 0.05) is 7.05 Å². The molecule has 0 fully saturated rings. The molecule has 74 valence electrons. The van der Waals surface area contributed by atoms with Crippen LogP contribution in [0, 0.1) is 0 Å². The summed E-state index contributed by atoms with van der Waals surface area (Å²) in [6.07, 6.45) is 0.828. The molecule has 0 aromatic carbocycles. The number of nitrogens with one attached hydrogen (secondary N) is 1. The largest absolute Gasteiger partial charge is 0.384 e. The van der Waals surface area contributed by atoms with Crippen LogP contribution in [-0.2, 0) is 9.53 Å². The monoisotopic (exact) mass is 185 g/mol.